The van der Waals surface area contributed by atoms with Gasteiger partial charge in [-0.3, -0.25) is 10.1 Å². The fourth-order valence-corrected chi connectivity index (χ4v) is 2.14. The lowest BCUT2D eigenvalue weighted by molar-refractivity contribution is -0.136. The van der Waals surface area contributed by atoms with Crippen LogP contribution in [0.25, 0.3) is 0 Å². The summed E-state index contributed by atoms with van der Waals surface area (Å²) in [6.07, 6.45) is 0.427. The van der Waals surface area contributed by atoms with E-state index in [9.17, 15) is 9.59 Å². The molecule has 7 nitrogen and oxygen atoms in total. The van der Waals surface area contributed by atoms with Crippen molar-refractivity contribution >= 4 is 12.0 Å². The fourth-order valence-electron chi connectivity index (χ4n) is 2.14. The van der Waals surface area contributed by atoms with Gasteiger partial charge in [-0.25, -0.2) is 14.8 Å². The van der Waals surface area contributed by atoms with Gasteiger partial charge < -0.3 is 10.0 Å². The van der Waals surface area contributed by atoms with Crippen LogP contribution in [0.5, 0.6) is 0 Å². The number of nitrogens with one attached hydrogen (secondary N) is 1. The average molecular weight is 290 g/mol. The minimum atomic E-state index is -1.81. The number of carbonyl (C=O) groups excluding carboxylic acids is 1. The molecule has 1 aromatic carbocycles. The fraction of sp³-hybridized carbons (Fsp3) is 0.429. The molecule has 112 valence electrons. The summed E-state index contributed by atoms with van der Waals surface area (Å²) >= 11 is 0. The smallest absolute Gasteiger partial charge is 0.408 e. The molecule has 21 heavy (non-hydrogen) atoms. The maximum Gasteiger partial charge on any atom is 0.408 e. The second-order valence-corrected chi connectivity index (χ2v) is 4.89. The summed E-state index contributed by atoms with van der Waals surface area (Å²) in [4.78, 5) is 33.5. The summed E-state index contributed by atoms with van der Waals surface area (Å²) in [7, 11) is 1.62. The predicted molar refractivity (Wildman–Crippen MR) is 75.2 cm³/mol. The van der Waals surface area contributed by atoms with Gasteiger partial charge in [0.25, 0.3) is 5.91 Å². The Balaban J connectivity index is 2.39. The molecule has 0 fully saturated rings. The van der Waals surface area contributed by atoms with E-state index in [2.05, 4.69) is 15.3 Å². The largest absolute Gasteiger partial charge is 0.465 e. The third-order valence-electron chi connectivity index (χ3n) is 3.22. The Morgan fingerprint density at radius 2 is 1.86 bits per heavy atom. The van der Waals surface area contributed by atoms with Crippen molar-refractivity contribution in [2.75, 3.05) is 13.6 Å². The zero-order valence-electron chi connectivity index (χ0n) is 12.0. The van der Waals surface area contributed by atoms with E-state index in [1.807, 2.05) is 6.92 Å². The lowest BCUT2D eigenvalue weighted by Gasteiger charge is -2.27. The van der Waals surface area contributed by atoms with E-state index in [0.29, 0.717) is 17.3 Å². The van der Waals surface area contributed by atoms with E-state index in [0.717, 1.165) is 12.8 Å². The Kier molecular flexibility index (Phi) is 4.21. The van der Waals surface area contributed by atoms with Gasteiger partial charge in [0.05, 0.1) is 10.7 Å². The highest BCUT2D eigenvalue weighted by Crippen LogP contribution is 2.14. The highest BCUT2D eigenvalue weighted by molar-refractivity contribution is 5.89. The maximum atomic E-state index is 12.6. The lowest BCUT2D eigenvalue weighted by Crippen LogP contribution is -2.56. The third-order valence-corrected chi connectivity index (χ3v) is 3.22. The van der Waals surface area contributed by atoms with Crippen LogP contribution in [0.4, 0.5) is 4.79 Å². The van der Waals surface area contributed by atoms with Gasteiger partial charge in [0.1, 0.15) is 0 Å². The number of fused-ring (bicyclic) bond motifs is 1. The minimum absolute atomic E-state index is 0.477. The van der Waals surface area contributed by atoms with E-state index in [1.54, 1.807) is 31.3 Å². The van der Waals surface area contributed by atoms with Gasteiger partial charge in [-0.2, -0.15) is 0 Å². The maximum absolute atomic E-state index is 12.6. The molecule has 1 aliphatic rings. The van der Waals surface area contributed by atoms with E-state index in [-0.39, 0.29) is 0 Å². The molecular formula is C14H18N4O3. The van der Waals surface area contributed by atoms with Crippen molar-refractivity contribution < 1.29 is 14.7 Å². The van der Waals surface area contributed by atoms with E-state index in [4.69, 9.17) is 5.11 Å². The Labute approximate surface area is 122 Å². The first-order chi connectivity index (χ1) is 9.98. The monoisotopic (exact) mass is 290 g/mol. The van der Waals surface area contributed by atoms with Crippen molar-refractivity contribution in [2.45, 2.75) is 25.6 Å². The first kappa shape index (κ1) is 15.0. The minimum Gasteiger partial charge on any atom is -0.465 e. The number of unbranched alkanes of at least 4 members (excludes halogenated alkanes) is 1. The molecule has 2 N–H and O–H groups in total. The van der Waals surface area contributed by atoms with Gasteiger partial charge in [0.15, 0.2) is 0 Å². The number of rotatable bonds is 5. The van der Waals surface area contributed by atoms with Crippen molar-refractivity contribution in [2.24, 2.45) is 9.98 Å². The summed E-state index contributed by atoms with van der Waals surface area (Å²) in [6.45, 7) is 2.55. The van der Waals surface area contributed by atoms with Crippen LogP contribution in [0.3, 0.4) is 0 Å². The zero-order chi connectivity index (χ0) is 15.5. The van der Waals surface area contributed by atoms with Gasteiger partial charge >= 0.3 is 11.9 Å². The van der Waals surface area contributed by atoms with Crippen LogP contribution < -0.4 is 16.0 Å². The third kappa shape index (κ3) is 3.01. The number of para-hydroxylation sites is 2. The molecule has 1 aliphatic heterocycles. The van der Waals surface area contributed by atoms with Gasteiger partial charge in [-0.15, -0.1) is 0 Å². The van der Waals surface area contributed by atoms with Crippen LogP contribution >= 0.6 is 0 Å². The number of likely N-dealkylation sites (N-methyl/N-ethyl adjacent to an activating group) is 1. The zero-order valence-corrected chi connectivity index (χ0v) is 12.0. The number of amides is 2. The predicted octanol–water partition coefficient (Wildman–Crippen LogP) is 0.119. The van der Waals surface area contributed by atoms with Crippen LogP contribution in [0, 0.1) is 0 Å². The number of hydrogen-bond acceptors (Lipinski definition) is 4. The van der Waals surface area contributed by atoms with Crippen LogP contribution in [0.2, 0.25) is 0 Å². The Morgan fingerprint density at radius 3 is 2.33 bits per heavy atom. The summed E-state index contributed by atoms with van der Waals surface area (Å²) in [5, 5.41) is 12.2. The van der Waals surface area contributed by atoms with Crippen LogP contribution in [0.15, 0.2) is 34.3 Å². The molecule has 0 spiro atoms. The molecule has 0 atom stereocenters. The Bertz CT molecular complexity index is 636. The molecule has 2 rings (SSSR count). The molecular weight excluding hydrogens is 272 g/mol. The quantitative estimate of drug-likeness (QED) is 0.806. The first-order valence-corrected chi connectivity index (χ1v) is 6.80. The highest BCUT2D eigenvalue weighted by Gasteiger charge is 2.43. The number of carboxylic acid groups (broad SMARTS) is 1. The first-order valence-electron chi connectivity index (χ1n) is 6.80. The van der Waals surface area contributed by atoms with Crippen LogP contribution in [-0.4, -0.2) is 41.4 Å². The number of benzene rings is 1. The molecule has 0 saturated heterocycles. The molecule has 1 aromatic rings. The SMILES string of the molecule is CCCCN(C)C(=O)C1(NC(=O)O)N=c2ccccc2=N1. The molecule has 7 heteroatoms. The second kappa shape index (κ2) is 5.90. The van der Waals surface area contributed by atoms with Crippen molar-refractivity contribution in [1.29, 1.82) is 0 Å². The molecule has 2 amide bonds. The van der Waals surface area contributed by atoms with E-state index < -0.39 is 17.8 Å². The second-order valence-electron chi connectivity index (χ2n) is 4.89. The van der Waals surface area contributed by atoms with Crippen molar-refractivity contribution in [1.82, 2.24) is 10.2 Å². The standard InChI is InChI=1S/C14H18N4O3/c1-3-4-9-18(2)12(19)14(17-13(20)21)15-10-7-5-6-8-11(10)16-14/h5-8,17H,3-4,9H2,1-2H3,(H,20,21). The molecule has 0 bridgehead atoms. The van der Waals surface area contributed by atoms with Gasteiger partial charge in [0.2, 0.25) is 0 Å². The van der Waals surface area contributed by atoms with Crippen molar-refractivity contribution in [3.63, 3.8) is 0 Å². The van der Waals surface area contributed by atoms with Gasteiger partial charge in [-0.05, 0) is 18.6 Å². The van der Waals surface area contributed by atoms with E-state index >= 15 is 0 Å². The topological polar surface area (TPSA) is 94.4 Å². The summed E-state index contributed by atoms with van der Waals surface area (Å²) in [6, 6.07) is 6.92. The number of hydrogen-bond donors (Lipinski definition) is 2. The Morgan fingerprint density at radius 1 is 1.29 bits per heavy atom. The van der Waals surface area contributed by atoms with Gasteiger partial charge in [0, 0.05) is 13.6 Å². The molecule has 0 radical (unpaired) electrons. The summed E-state index contributed by atoms with van der Waals surface area (Å²) < 4.78 is 0. The molecule has 0 unspecified atom stereocenters. The molecule has 0 aliphatic carbocycles. The van der Waals surface area contributed by atoms with Crippen LogP contribution in [-0.2, 0) is 4.79 Å². The lowest BCUT2D eigenvalue weighted by atomic mass is 10.2. The molecule has 1 heterocycles. The van der Waals surface area contributed by atoms with Gasteiger partial charge in [-0.1, -0.05) is 25.5 Å². The average Bonchev–Trinajstić information content (AvgIpc) is 2.82. The van der Waals surface area contributed by atoms with Crippen molar-refractivity contribution in [3.05, 3.63) is 35.0 Å². The molecule has 0 aromatic heterocycles. The van der Waals surface area contributed by atoms with E-state index in [1.165, 1.54) is 4.90 Å². The summed E-state index contributed by atoms with van der Waals surface area (Å²) in [5.74, 6) is -2.28. The number of carbonyl (C=O) groups is 2. The highest BCUT2D eigenvalue weighted by atomic mass is 16.4. The summed E-state index contributed by atoms with van der Waals surface area (Å²) in [5.41, 5.74) is 0. The normalized spacial score (nSPS) is 14.6. The molecule has 0 saturated carbocycles. The Hall–Kier alpha value is -2.44. The van der Waals surface area contributed by atoms with Crippen molar-refractivity contribution in [3.8, 4) is 0 Å². The number of nitrogens with zero attached hydrogens (tertiary/aromatic N) is 3. The van der Waals surface area contributed by atoms with Crippen LogP contribution in [0.1, 0.15) is 19.8 Å².